The zero-order valence-electron chi connectivity index (χ0n) is 9.50. The van der Waals surface area contributed by atoms with Crippen LogP contribution in [0.3, 0.4) is 0 Å². The molecule has 0 aromatic heterocycles. The van der Waals surface area contributed by atoms with Gasteiger partial charge in [-0.25, -0.2) is 0 Å². The summed E-state index contributed by atoms with van der Waals surface area (Å²) in [5.41, 5.74) is 0. The number of hydrogen-bond acceptors (Lipinski definition) is 2. The quantitative estimate of drug-likeness (QED) is 0.661. The maximum Gasteiger partial charge on any atom is 0.239 e. The second-order valence-corrected chi connectivity index (χ2v) is 4.94. The van der Waals surface area contributed by atoms with E-state index in [4.69, 9.17) is 12.2 Å². The van der Waals surface area contributed by atoms with Crippen molar-refractivity contribution in [1.29, 1.82) is 0 Å². The number of nitrogens with zero attached hydrogens (tertiary/aromatic N) is 1. The van der Waals surface area contributed by atoms with E-state index in [1.54, 1.807) is 0 Å². The maximum atomic E-state index is 11.4. The third-order valence-corrected chi connectivity index (χ3v) is 3.61. The van der Waals surface area contributed by atoms with Crippen LogP contribution in [0, 0.1) is 0 Å². The van der Waals surface area contributed by atoms with Crippen molar-refractivity contribution in [2.24, 2.45) is 0 Å². The highest BCUT2D eigenvalue weighted by Gasteiger charge is 2.21. The Morgan fingerprint density at radius 1 is 1.38 bits per heavy atom. The molecule has 1 aliphatic heterocycles. The van der Waals surface area contributed by atoms with Gasteiger partial charge in [0.2, 0.25) is 5.91 Å². The molecular formula is C11H19N3OS. The van der Waals surface area contributed by atoms with E-state index in [1.807, 2.05) is 4.90 Å². The normalized spacial score (nSPS) is 22.8. The number of hydrogen-bond donors (Lipinski definition) is 2. The first kappa shape index (κ1) is 11.6. The molecule has 0 spiro atoms. The molecule has 0 aromatic carbocycles. The fourth-order valence-electron chi connectivity index (χ4n) is 2.32. The number of amides is 1. The molecule has 16 heavy (non-hydrogen) atoms. The van der Waals surface area contributed by atoms with Crippen molar-refractivity contribution < 1.29 is 4.79 Å². The van der Waals surface area contributed by atoms with E-state index in [9.17, 15) is 4.79 Å². The van der Waals surface area contributed by atoms with Gasteiger partial charge in [-0.3, -0.25) is 4.79 Å². The molecule has 1 saturated heterocycles. The van der Waals surface area contributed by atoms with E-state index in [0.29, 0.717) is 12.6 Å². The molecule has 1 saturated carbocycles. The summed E-state index contributed by atoms with van der Waals surface area (Å²) in [7, 11) is 0. The summed E-state index contributed by atoms with van der Waals surface area (Å²) in [6, 6.07) is 0.527. The zero-order chi connectivity index (χ0) is 11.4. The van der Waals surface area contributed by atoms with Crippen molar-refractivity contribution in [3.63, 3.8) is 0 Å². The van der Waals surface area contributed by atoms with Gasteiger partial charge in [-0.1, -0.05) is 12.8 Å². The number of thiocarbonyl (C=S) groups is 1. The topological polar surface area (TPSA) is 44.4 Å². The molecular weight excluding hydrogens is 222 g/mol. The predicted molar refractivity (Wildman–Crippen MR) is 67.2 cm³/mol. The van der Waals surface area contributed by atoms with E-state index in [2.05, 4.69) is 10.6 Å². The predicted octanol–water partition coefficient (Wildman–Crippen LogP) is 0.625. The first-order valence-corrected chi connectivity index (χ1v) is 6.48. The minimum Gasteiger partial charge on any atom is -0.360 e. The molecule has 90 valence electrons. The number of carbonyl (C=O) groups is 1. The summed E-state index contributed by atoms with van der Waals surface area (Å²) in [6.07, 6.45) is 5.97. The largest absolute Gasteiger partial charge is 0.360 e. The van der Waals surface area contributed by atoms with Crippen LogP contribution in [-0.2, 0) is 4.79 Å². The summed E-state index contributed by atoms with van der Waals surface area (Å²) in [4.78, 5) is 13.4. The van der Waals surface area contributed by atoms with Crippen LogP contribution in [0.15, 0.2) is 0 Å². The second-order valence-electron chi connectivity index (χ2n) is 4.56. The van der Waals surface area contributed by atoms with Gasteiger partial charge in [0.1, 0.15) is 0 Å². The number of rotatable bonds is 1. The molecule has 2 aliphatic rings. The van der Waals surface area contributed by atoms with Gasteiger partial charge in [-0.05, 0) is 31.5 Å². The Labute approximate surface area is 102 Å². The van der Waals surface area contributed by atoms with E-state index in [0.717, 1.165) is 24.6 Å². The fraction of sp³-hybridized carbons (Fsp3) is 0.818. The Balaban J connectivity index is 1.84. The van der Waals surface area contributed by atoms with Crippen LogP contribution in [0.1, 0.15) is 32.1 Å². The van der Waals surface area contributed by atoms with Crippen LogP contribution in [0.4, 0.5) is 0 Å². The summed E-state index contributed by atoms with van der Waals surface area (Å²) < 4.78 is 0. The Morgan fingerprint density at radius 2 is 2.12 bits per heavy atom. The van der Waals surface area contributed by atoms with Crippen LogP contribution in [0.25, 0.3) is 0 Å². The van der Waals surface area contributed by atoms with Gasteiger partial charge in [0.25, 0.3) is 0 Å². The molecule has 4 nitrogen and oxygen atoms in total. The highest BCUT2D eigenvalue weighted by atomic mass is 32.1. The molecule has 2 rings (SSSR count). The van der Waals surface area contributed by atoms with Crippen molar-refractivity contribution in [2.75, 3.05) is 19.6 Å². The van der Waals surface area contributed by atoms with Crippen LogP contribution < -0.4 is 10.6 Å². The monoisotopic (exact) mass is 241 g/mol. The van der Waals surface area contributed by atoms with Crippen LogP contribution in [0.2, 0.25) is 0 Å². The van der Waals surface area contributed by atoms with Crippen molar-refractivity contribution in [2.45, 2.75) is 38.1 Å². The van der Waals surface area contributed by atoms with E-state index in [1.165, 1.54) is 25.7 Å². The highest BCUT2D eigenvalue weighted by Crippen LogP contribution is 2.17. The van der Waals surface area contributed by atoms with E-state index < -0.39 is 0 Å². The van der Waals surface area contributed by atoms with Crippen molar-refractivity contribution >= 4 is 23.2 Å². The second kappa shape index (κ2) is 5.48. The van der Waals surface area contributed by atoms with Crippen molar-refractivity contribution in [3.05, 3.63) is 0 Å². The van der Waals surface area contributed by atoms with Crippen LogP contribution >= 0.6 is 12.2 Å². The lowest BCUT2D eigenvalue weighted by Gasteiger charge is -2.25. The maximum absolute atomic E-state index is 11.4. The van der Waals surface area contributed by atoms with Crippen molar-refractivity contribution in [3.8, 4) is 0 Å². The van der Waals surface area contributed by atoms with E-state index in [-0.39, 0.29) is 5.91 Å². The summed E-state index contributed by atoms with van der Waals surface area (Å²) in [5.74, 6) is 0.0769. The van der Waals surface area contributed by atoms with E-state index >= 15 is 0 Å². The fourth-order valence-corrected chi connectivity index (χ4v) is 2.64. The minimum absolute atomic E-state index is 0.0769. The standard InChI is InChI=1S/C11H19N3OS/c15-10-8-14(7-3-6-12-10)11(16)13-9-4-1-2-5-9/h9H,1-8H2,(H,12,15)(H,13,16). The average Bonchev–Trinajstić information content (AvgIpc) is 2.65. The lowest BCUT2D eigenvalue weighted by atomic mass is 10.2. The summed E-state index contributed by atoms with van der Waals surface area (Å²) in [6.45, 7) is 2.04. The van der Waals surface area contributed by atoms with Gasteiger partial charge in [-0.15, -0.1) is 0 Å². The highest BCUT2D eigenvalue weighted by molar-refractivity contribution is 7.80. The van der Waals surface area contributed by atoms with Gasteiger partial charge in [0, 0.05) is 19.1 Å². The summed E-state index contributed by atoms with van der Waals surface area (Å²) in [5, 5.41) is 6.98. The van der Waals surface area contributed by atoms with Gasteiger partial charge < -0.3 is 15.5 Å². The molecule has 2 fully saturated rings. The third-order valence-electron chi connectivity index (χ3n) is 3.23. The first-order valence-electron chi connectivity index (χ1n) is 6.08. The number of nitrogens with one attached hydrogen (secondary N) is 2. The Bertz CT molecular complexity index is 276. The van der Waals surface area contributed by atoms with Gasteiger partial charge in [-0.2, -0.15) is 0 Å². The van der Waals surface area contributed by atoms with Gasteiger partial charge in [0.05, 0.1) is 6.54 Å². The summed E-state index contributed by atoms with van der Waals surface area (Å²) >= 11 is 5.36. The minimum atomic E-state index is 0.0769. The molecule has 0 bridgehead atoms. The molecule has 1 aliphatic carbocycles. The van der Waals surface area contributed by atoms with Gasteiger partial charge in [0.15, 0.2) is 5.11 Å². The molecule has 0 aromatic rings. The zero-order valence-corrected chi connectivity index (χ0v) is 10.3. The molecule has 5 heteroatoms. The molecule has 0 radical (unpaired) electrons. The third kappa shape index (κ3) is 3.07. The molecule has 2 N–H and O–H groups in total. The Kier molecular flexibility index (Phi) is 3.98. The molecule has 1 amide bonds. The number of carbonyl (C=O) groups excluding carboxylic acids is 1. The molecule has 0 unspecified atom stereocenters. The lowest BCUT2D eigenvalue weighted by Crippen LogP contribution is -2.46. The SMILES string of the molecule is O=C1CN(C(=S)NC2CCCC2)CCCN1. The van der Waals surface area contributed by atoms with Gasteiger partial charge >= 0.3 is 0 Å². The smallest absolute Gasteiger partial charge is 0.239 e. The van der Waals surface area contributed by atoms with Crippen LogP contribution in [0.5, 0.6) is 0 Å². The Morgan fingerprint density at radius 3 is 2.88 bits per heavy atom. The lowest BCUT2D eigenvalue weighted by molar-refractivity contribution is -0.120. The first-order chi connectivity index (χ1) is 7.75. The average molecular weight is 241 g/mol. The van der Waals surface area contributed by atoms with Crippen LogP contribution in [-0.4, -0.2) is 41.6 Å². The molecule has 0 atom stereocenters. The Hall–Kier alpha value is -0.840. The van der Waals surface area contributed by atoms with Crippen molar-refractivity contribution in [1.82, 2.24) is 15.5 Å². The molecule has 1 heterocycles.